The maximum absolute atomic E-state index is 13.0. The second kappa shape index (κ2) is 10.6. The number of ether oxygens (including phenoxy) is 2. The summed E-state index contributed by atoms with van der Waals surface area (Å²) in [6.45, 7) is 2.61. The monoisotopic (exact) mass is 429 g/mol. The van der Waals surface area contributed by atoms with E-state index >= 15 is 0 Å². The smallest absolute Gasteiger partial charge is 0.369 e. The van der Waals surface area contributed by atoms with E-state index in [9.17, 15) is 29.1 Å². The van der Waals surface area contributed by atoms with Crippen molar-refractivity contribution in [2.75, 3.05) is 27.4 Å². The van der Waals surface area contributed by atoms with Gasteiger partial charge < -0.3 is 18.5 Å². The SMILES string of the molecule is CCOC(=O)/C(C(=O)c1ccc([N+](=O)[O-])cc1)=C(\C(=O)OCC)P(=O)(OC)OC. The minimum Gasteiger partial charge on any atom is -0.462 e. The molecule has 0 radical (unpaired) electrons. The highest BCUT2D eigenvalue weighted by Gasteiger charge is 2.43. The van der Waals surface area contributed by atoms with Crippen molar-refractivity contribution in [1.29, 1.82) is 0 Å². The number of ketones is 1. The van der Waals surface area contributed by atoms with Gasteiger partial charge in [0, 0.05) is 31.9 Å². The molecule has 0 aliphatic carbocycles. The summed E-state index contributed by atoms with van der Waals surface area (Å²) in [5.74, 6) is -3.60. The van der Waals surface area contributed by atoms with Crippen molar-refractivity contribution in [2.45, 2.75) is 13.8 Å². The molecule has 0 atom stereocenters. The molecule has 1 aromatic carbocycles. The summed E-state index contributed by atoms with van der Waals surface area (Å²) in [4.78, 5) is 48.1. The molecule has 0 spiro atoms. The maximum Gasteiger partial charge on any atom is 0.369 e. The third-order valence-corrected chi connectivity index (χ3v) is 5.42. The lowest BCUT2D eigenvalue weighted by molar-refractivity contribution is -0.384. The lowest BCUT2D eigenvalue weighted by Crippen LogP contribution is -2.23. The summed E-state index contributed by atoms with van der Waals surface area (Å²) in [5.41, 5.74) is -1.40. The van der Waals surface area contributed by atoms with Gasteiger partial charge in [0.05, 0.1) is 18.1 Å². The normalized spacial score (nSPS) is 12.0. The molecule has 0 aromatic heterocycles. The number of rotatable bonds is 10. The highest BCUT2D eigenvalue weighted by molar-refractivity contribution is 7.60. The third-order valence-electron chi connectivity index (χ3n) is 3.51. The molecule has 0 unspecified atom stereocenters. The Morgan fingerprint density at radius 3 is 1.86 bits per heavy atom. The number of esters is 2. The molecule has 0 saturated carbocycles. The molecule has 0 N–H and O–H groups in total. The van der Waals surface area contributed by atoms with Crippen molar-refractivity contribution in [2.24, 2.45) is 0 Å². The quantitative estimate of drug-likeness (QED) is 0.0794. The largest absolute Gasteiger partial charge is 0.462 e. The summed E-state index contributed by atoms with van der Waals surface area (Å²) < 4.78 is 32.2. The van der Waals surface area contributed by atoms with Gasteiger partial charge >= 0.3 is 19.5 Å². The van der Waals surface area contributed by atoms with Gasteiger partial charge in [0.1, 0.15) is 5.57 Å². The molecule has 11 nitrogen and oxygen atoms in total. The van der Waals surface area contributed by atoms with Gasteiger partial charge in [-0.25, -0.2) is 9.59 Å². The fourth-order valence-electron chi connectivity index (χ4n) is 2.19. The van der Waals surface area contributed by atoms with E-state index in [1.807, 2.05) is 0 Å². The van der Waals surface area contributed by atoms with Gasteiger partial charge in [-0.3, -0.25) is 19.5 Å². The first kappa shape index (κ1) is 24.2. The molecule has 0 bridgehead atoms. The zero-order valence-corrected chi connectivity index (χ0v) is 17.1. The Labute approximate surface area is 166 Å². The van der Waals surface area contributed by atoms with Crippen molar-refractivity contribution in [3.8, 4) is 0 Å². The van der Waals surface area contributed by atoms with Crippen LogP contribution in [0.25, 0.3) is 0 Å². The first-order valence-electron chi connectivity index (χ1n) is 8.26. The van der Waals surface area contributed by atoms with Crippen LogP contribution in [-0.2, 0) is 32.7 Å². The number of non-ortho nitro benzene ring substituents is 1. The van der Waals surface area contributed by atoms with Crippen molar-refractivity contribution < 1.29 is 42.4 Å². The van der Waals surface area contributed by atoms with Crippen LogP contribution in [0.2, 0.25) is 0 Å². The summed E-state index contributed by atoms with van der Waals surface area (Å²) in [5, 5.41) is 9.87. The summed E-state index contributed by atoms with van der Waals surface area (Å²) in [6, 6.07) is 4.22. The molecule has 29 heavy (non-hydrogen) atoms. The van der Waals surface area contributed by atoms with Crippen LogP contribution >= 0.6 is 7.60 Å². The second-order valence-corrected chi connectivity index (χ2v) is 7.33. The van der Waals surface area contributed by atoms with E-state index in [4.69, 9.17) is 18.5 Å². The van der Waals surface area contributed by atoms with E-state index in [1.54, 1.807) is 0 Å². The molecule has 1 aromatic rings. The minimum absolute atomic E-state index is 0.155. The highest BCUT2D eigenvalue weighted by Crippen LogP contribution is 2.56. The first-order chi connectivity index (χ1) is 13.7. The number of hydrogen-bond donors (Lipinski definition) is 0. The fourth-order valence-corrected chi connectivity index (χ4v) is 3.46. The zero-order valence-electron chi connectivity index (χ0n) is 16.2. The average Bonchev–Trinajstić information content (AvgIpc) is 2.71. The Morgan fingerprint density at radius 1 is 0.966 bits per heavy atom. The predicted octanol–water partition coefficient (Wildman–Crippen LogP) is 2.64. The van der Waals surface area contributed by atoms with Crippen LogP contribution in [-0.4, -0.2) is 50.1 Å². The second-order valence-electron chi connectivity index (χ2n) is 5.16. The van der Waals surface area contributed by atoms with Crippen LogP contribution in [0.3, 0.4) is 0 Å². The van der Waals surface area contributed by atoms with Crippen LogP contribution in [0, 0.1) is 10.1 Å². The van der Waals surface area contributed by atoms with Crippen LogP contribution in [0.4, 0.5) is 5.69 Å². The standard InChI is InChI=1S/C17H20NO10P/c1-5-27-16(20)13(14(19)11-7-9-12(10-8-11)18(22)23)15(17(21)28-6-2)29(24,25-3)26-4/h7-10H,5-6H2,1-4H3/b15-13+. The number of nitro benzene ring substituents is 1. The molecule has 0 aliphatic rings. The van der Waals surface area contributed by atoms with Gasteiger partial charge in [-0.15, -0.1) is 0 Å². The molecule has 12 heteroatoms. The van der Waals surface area contributed by atoms with Crippen molar-refractivity contribution in [3.05, 3.63) is 50.8 Å². The summed E-state index contributed by atoms with van der Waals surface area (Å²) in [6.07, 6.45) is 0. The lowest BCUT2D eigenvalue weighted by Gasteiger charge is -2.19. The summed E-state index contributed by atoms with van der Waals surface area (Å²) >= 11 is 0. The van der Waals surface area contributed by atoms with Gasteiger partial charge in [-0.1, -0.05) is 0 Å². The molecular formula is C17H20NO10P. The van der Waals surface area contributed by atoms with E-state index in [1.165, 1.54) is 13.8 Å². The molecule has 1 rings (SSSR count). The van der Waals surface area contributed by atoms with Crippen molar-refractivity contribution >= 4 is 31.0 Å². The van der Waals surface area contributed by atoms with Gasteiger partial charge in [-0.2, -0.15) is 0 Å². The van der Waals surface area contributed by atoms with Crippen molar-refractivity contribution in [1.82, 2.24) is 0 Å². The van der Waals surface area contributed by atoms with E-state index in [-0.39, 0.29) is 24.5 Å². The van der Waals surface area contributed by atoms with Crippen LogP contribution in [0.5, 0.6) is 0 Å². The molecule has 0 aliphatic heterocycles. The highest BCUT2D eigenvalue weighted by atomic mass is 31.2. The number of nitrogens with zero attached hydrogens (tertiary/aromatic N) is 1. The lowest BCUT2D eigenvalue weighted by atomic mass is 10.0. The van der Waals surface area contributed by atoms with Gasteiger partial charge in [0.2, 0.25) is 5.78 Å². The number of benzene rings is 1. The van der Waals surface area contributed by atoms with E-state index in [2.05, 4.69) is 0 Å². The Balaban J connectivity index is 3.77. The molecule has 0 heterocycles. The van der Waals surface area contributed by atoms with Crippen LogP contribution in [0.15, 0.2) is 35.2 Å². The number of hydrogen-bond acceptors (Lipinski definition) is 10. The minimum atomic E-state index is -4.44. The van der Waals surface area contributed by atoms with Crippen LogP contribution < -0.4 is 0 Å². The maximum atomic E-state index is 13.0. The number of Topliss-reactive ketones (excluding diaryl/α,β-unsaturated/α-hetero) is 1. The average molecular weight is 429 g/mol. The Bertz CT molecular complexity index is 867. The third kappa shape index (κ3) is 5.57. The molecule has 158 valence electrons. The predicted molar refractivity (Wildman–Crippen MR) is 99.3 cm³/mol. The molecule has 0 amide bonds. The number of carbonyl (C=O) groups is 3. The van der Waals surface area contributed by atoms with Crippen molar-refractivity contribution in [3.63, 3.8) is 0 Å². The van der Waals surface area contributed by atoms with E-state index in [0.29, 0.717) is 0 Å². The van der Waals surface area contributed by atoms with E-state index in [0.717, 1.165) is 38.5 Å². The van der Waals surface area contributed by atoms with Gasteiger partial charge in [0.15, 0.2) is 5.31 Å². The number of carbonyl (C=O) groups excluding carboxylic acids is 3. The van der Waals surface area contributed by atoms with Gasteiger partial charge in [-0.05, 0) is 26.0 Å². The zero-order chi connectivity index (χ0) is 22.2. The molecule has 0 fully saturated rings. The fraction of sp³-hybridized carbons (Fsp3) is 0.353. The number of nitro groups is 1. The molecule has 0 saturated heterocycles. The Morgan fingerprint density at radius 2 is 1.45 bits per heavy atom. The van der Waals surface area contributed by atoms with E-state index < -0.39 is 41.1 Å². The molecular weight excluding hydrogens is 409 g/mol. The van der Waals surface area contributed by atoms with Crippen LogP contribution in [0.1, 0.15) is 24.2 Å². The summed E-state index contributed by atoms with van der Waals surface area (Å²) in [7, 11) is -2.51. The topological polar surface area (TPSA) is 148 Å². The Hall–Kier alpha value is -2.88. The Kier molecular flexibility index (Phi) is 8.84. The van der Waals surface area contributed by atoms with Gasteiger partial charge in [0.25, 0.3) is 5.69 Å². The first-order valence-corrected chi connectivity index (χ1v) is 9.80.